The highest BCUT2D eigenvalue weighted by Gasteiger charge is 2.31. The molecule has 0 unspecified atom stereocenters. The van der Waals surface area contributed by atoms with Gasteiger partial charge in [-0.15, -0.1) is 0 Å². The minimum atomic E-state index is -0.495. The first-order valence-electron chi connectivity index (χ1n) is 8.44. The molecule has 3 rings (SSSR count). The number of ether oxygens (including phenoxy) is 1. The van der Waals surface area contributed by atoms with E-state index in [4.69, 9.17) is 10.5 Å². The van der Waals surface area contributed by atoms with Crippen LogP contribution in [0.25, 0.3) is 0 Å². The molecule has 0 radical (unpaired) electrons. The maximum absolute atomic E-state index is 11.9. The summed E-state index contributed by atoms with van der Waals surface area (Å²) >= 11 is 0. The standard InChI is InChI=1S/C17H24N2O4/c1-19(8-10-4-6-12(7-5-10)17(18)22)13-14(20)15(21)16(13)23-9-11-2-3-11/h10-12H,2-9H2,1H3,(H2,18,22). The van der Waals surface area contributed by atoms with E-state index in [2.05, 4.69) is 0 Å². The van der Waals surface area contributed by atoms with Crippen LogP contribution in [-0.2, 0) is 4.79 Å². The van der Waals surface area contributed by atoms with Gasteiger partial charge in [-0.2, -0.15) is 0 Å². The molecule has 2 N–H and O–H groups in total. The number of primary amides is 1. The predicted molar refractivity (Wildman–Crippen MR) is 87.5 cm³/mol. The van der Waals surface area contributed by atoms with Gasteiger partial charge in [0.1, 0.15) is 5.69 Å². The highest BCUT2D eigenvalue weighted by molar-refractivity contribution is 5.76. The minimum absolute atomic E-state index is 0.0138. The lowest BCUT2D eigenvalue weighted by molar-refractivity contribution is -0.122. The summed E-state index contributed by atoms with van der Waals surface area (Å²) in [5.41, 5.74) is 4.84. The monoisotopic (exact) mass is 320 g/mol. The van der Waals surface area contributed by atoms with Gasteiger partial charge in [0.05, 0.1) is 6.61 Å². The summed E-state index contributed by atoms with van der Waals surface area (Å²) < 4.78 is 5.56. The average Bonchev–Trinajstić information content (AvgIpc) is 3.35. The molecule has 23 heavy (non-hydrogen) atoms. The minimum Gasteiger partial charge on any atom is -0.487 e. The summed E-state index contributed by atoms with van der Waals surface area (Å²) in [6, 6.07) is 0. The molecule has 6 heteroatoms. The third-order valence-electron chi connectivity index (χ3n) is 5.17. The van der Waals surface area contributed by atoms with Gasteiger partial charge in [0, 0.05) is 19.5 Å². The SMILES string of the molecule is CN(CC1CCC(C(N)=O)CC1)c1c(OCC2CC2)c(=O)c1=O. The number of nitrogens with zero attached hydrogens (tertiary/aromatic N) is 1. The molecule has 2 aliphatic rings. The van der Waals surface area contributed by atoms with E-state index in [1.165, 1.54) is 0 Å². The molecule has 2 fully saturated rings. The largest absolute Gasteiger partial charge is 0.487 e. The molecule has 0 saturated heterocycles. The van der Waals surface area contributed by atoms with E-state index < -0.39 is 10.9 Å². The molecule has 1 aromatic rings. The van der Waals surface area contributed by atoms with E-state index in [9.17, 15) is 14.4 Å². The van der Waals surface area contributed by atoms with Crippen molar-refractivity contribution in [3.05, 3.63) is 20.4 Å². The van der Waals surface area contributed by atoms with E-state index in [-0.39, 0.29) is 17.6 Å². The second kappa shape index (κ2) is 6.34. The molecule has 0 aliphatic heterocycles. The van der Waals surface area contributed by atoms with Crippen molar-refractivity contribution < 1.29 is 9.53 Å². The van der Waals surface area contributed by atoms with Crippen LogP contribution in [0.4, 0.5) is 5.69 Å². The Balaban J connectivity index is 1.57. The van der Waals surface area contributed by atoms with Crippen LogP contribution in [0.15, 0.2) is 9.59 Å². The Bertz CT molecular complexity index is 650. The van der Waals surface area contributed by atoms with Gasteiger partial charge in [-0.25, -0.2) is 0 Å². The fraction of sp³-hybridized carbons (Fsp3) is 0.706. The predicted octanol–water partition coefficient (Wildman–Crippen LogP) is 0.799. The number of carbonyl (C=O) groups excluding carboxylic acids is 1. The summed E-state index contributed by atoms with van der Waals surface area (Å²) in [6.07, 6.45) is 5.75. The van der Waals surface area contributed by atoms with E-state index in [0.717, 1.165) is 38.5 Å². The smallest absolute Gasteiger partial charge is 0.272 e. The second-order valence-corrected chi connectivity index (χ2v) is 7.09. The molecular weight excluding hydrogens is 296 g/mol. The first-order valence-corrected chi connectivity index (χ1v) is 8.44. The summed E-state index contributed by atoms with van der Waals surface area (Å²) in [5, 5.41) is 0. The van der Waals surface area contributed by atoms with Crippen LogP contribution >= 0.6 is 0 Å². The second-order valence-electron chi connectivity index (χ2n) is 7.09. The van der Waals surface area contributed by atoms with Crippen LogP contribution in [0.5, 0.6) is 5.75 Å². The number of carbonyl (C=O) groups is 1. The molecule has 0 atom stereocenters. The Morgan fingerprint density at radius 2 is 1.70 bits per heavy atom. The van der Waals surface area contributed by atoms with Gasteiger partial charge >= 0.3 is 0 Å². The van der Waals surface area contributed by atoms with Crippen LogP contribution in [0.2, 0.25) is 0 Å². The van der Waals surface area contributed by atoms with E-state index in [1.54, 1.807) is 0 Å². The maximum atomic E-state index is 11.9. The molecule has 6 nitrogen and oxygen atoms in total. The third kappa shape index (κ3) is 3.41. The molecule has 0 aromatic heterocycles. The lowest BCUT2D eigenvalue weighted by atomic mass is 9.81. The molecule has 2 saturated carbocycles. The van der Waals surface area contributed by atoms with Crippen LogP contribution in [0.3, 0.4) is 0 Å². The summed E-state index contributed by atoms with van der Waals surface area (Å²) in [5.74, 6) is 0.975. The molecule has 1 amide bonds. The van der Waals surface area contributed by atoms with Gasteiger partial charge in [0.15, 0.2) is 5.75 Å². The fourth-order valence-corrected chi connectivity index (χ4v) is 3.43. The lowest BCUT2D eigenvalue weighted by Gasteiger charge is -2.31. The van der Waals surface area contributed by atoms with Crippen molar-refractivity contribution in [2.75, 3.05) is 25.1 Å². The van der Waals surface area contributed by atoms with Gasteiger partial charge in [-0.3, -0.25) is 14.4 Å². The molecular formula is C17H24N2O4. The molecule has 2 aliphatic carbocycles. The average molecular weight is 320 g/mol. The Labute approximate surface area is 135 Å². The Morgan fingerprint density at radius 1 is 1.09 bits per heavy atom. The zero-order chi connectivity index (χ0) is 16.6. The van der Waals surface area contributed by atoms with Crippen molar-refractivity contribution in [1.29, 1.82) is 0 Å². The van der Waals surface area contributed by atoms with Crippen molar-refractivity contribution in [3.63, 3.8) is 0 Å². The van der Waals surface area contributed by atoms with E-state index >= 15 is 0 Å². The highest BCUT2D eigenvalue weighted by atomic mass is 16.5. The van der Waals surface area contributed by atoms with Crippen LogP contribution in [0.1, 0.15) is 38.5 Å². The summed E-state index contributed by atoms with van der Waals surface area (Å²) in [7, 11) is 1.83. The number of hydrogen-bond acceptors (Lipinski definition) is 5. The van der Waals surface area contributed by atoms with Gasteiger partial charge in [0.2, 0.25) is 5.91 Å². The van der Waals surface area contributed by atoms with Crippen molar-refractivity contribution >= 4 is 11.6 Å². The summed E-state index contributed by atoms with van der Waals surface area (Å²) in [4.78, 5) is 36.6. The van der Waals surface area contributed by atoms with Gasteiger partial charge < -0.3 is 15.4 Å². The van der Waals surface area contributed by atoms with Crippen molar-refractivity contribution in [2.24, 2.45) is 23.5 Å². The van der Waals surface area contributed by atoms with E-state index in [0.29, 0.717) is 30.7 Å². The van der Waals surface area contributed by atoms with Crippen molar-refractivity contribution in [2.45, 2.75) is 38.5 Å². The highest BCUT2D eigenvalue weighted by Crippen LogP contribution is 2.33. The zero-order valence-electron chi connectivity index (χ0n) is 13.5. The molecule has 126 valence electrons. The topological polar surface area (TPSA) is 89.7 Å². The van der Waals surface area contributed by atoms with Crippen LogP contribution in [-0.4, -0.2) is 26.1 Å². The van der Waals surface area contributed by atoms with Gasteiger partial charge in [-0.05, 0) is 50.4 Å². The zero-order valence-corrected chi connectivity index (χ0v) is 13.5. The van der Waals surface area contributed by atoms with Crippen LogP contribution < -0.4 is 26.2 Å². The Kier molecular flexibility index (Phi) is 4.41. The Hall–Kier alpha value is -1.85. The number of hydrogen-bond donors (Lipinski definition) is 1. The number of nitrogens with two attached hydrogens (primary N) is 1. The maximum Gasteiger partial charge on any atom is 0.272 e. The molecule has 1 aromatic carbocycles. The number of anilines is 1. The van der Waals surface area contributed by atoms with Crippen molar-refractivity contribution in [3.8, 4) is 5.75 Å². The molecule has 0 spiro atoms. The van der Waals surface area contributed by atoms with Gasteiger partial charge in [0.25, 0.3) is 10.9 Å². The van der Waals surface area contributed by atoms with Crippen LogP contribution in [0, 0.1) is 17.8 Å². The normalized spacial score (nSPS) is 24.6. The van der Waals surface area contributed by atoms with E-state index in [1.807, 2.05) is 11.9 Å². The first kappa shape index (κ1) is 16.0. The number of rotatable bonds is 7. The molecule has 0 bridgehead atoms. The lowest BCUT2D eigenvalue weighted by Crippen LogP contribution is -2.42. The molecule has 0 heterocycles. The quantitative estimate of drug-likeness (QED) is 0.751. The third-order valence-corrected chi connectivity index (χ3v) is 5.17. The first-order chi connectivity index (χ1) is 11.0. The van der Waals surface area contributed by atoms with Crippen molar-refractivity contribution in [1.82, 2.24) is 0 Å². The Morgan fingerprint density at radius 3 is 2.26 bits per heavy atom. The number of amides is 1. The fourth-order valence-electron chi connectivity index (χ4n) is 3.43. The van der Waals surface area contributed by atoms with Gasteiger partial charge in [-0.1, -0.05) is 0 Å². The summed E-state index contributed by atoms with van der Waals surface area (Å²) in [6.45, 7) is 1.24.